The van der Waals surface area contributed by atoms with E-state index < -0.39 is 5.82 Å². The average molecular weight is 391 g/mol. The van der Waals surface area contributed by atoms with E-state index >= 15 is 0 Å². The van der Waals surface area contributed by atoms with E-state index in [1.165, 1.54) is 23.8 Å². The zero-order valence-corrected chi connectivity index (χ0v) is 15.3. The lowest BCUT2D eigenvalue weighted by atomic mass is 10.1. The van der Waals surface area contributed by atoms with Crippen LogP contribution in [0.1, 0.15) is 10.4 Å². The molecule has 1 amide bonds. The van der Waals surface area contributed by atoms with Crippen LogP contribution in [0.4, 0.5) is 21.6 Å². The van der Waals surface area contributed by atoms with Crippen LogP contribution in [0.25, 0.3) is 11.3 Å². The first-order valence-corrected chi connectivity index (χ1v) is 9.20. The molecule has 0 aliphatic heterocycles. The van der Waals surface area contributed by atoms with Crippen LogP contribution in [0.5, 0.6) is 0 Å². The number of aromatic nitrogens is 3. The first-order valence-electron chi connectivity index (χ1n) is 8.36. The summed E-state index contributed by atoms with van der Waals surface area (Å²) in [6.07, 6.45) is 1.54. The van der Waals surface area contributed by atoms with Crippen molar-refractivity contribution in [2.45, 2.75) is 0 Å². The summed E-state index contributed by atoms with van der Waals surface area (Å²) in [5, 5.41) is 11.6. The van der Waals surface area contributed by atoms with Crippen LogP contribution in [-0.4, -0.2) is 20.5 Å². The summed E-state index contributed by atoms with van der Waals surface area (Å²) in [5.41, 5.74) is 2.87. The van der Waals surface area contributed by atoms with Gasteiger partial charge in [-0.2, -0.15) is 0 Å². The molecule has 2 aromatic heterocycles. The molecule has 0 spiro atoms. The molecule has 0 saturated heterocycles. The second-order valence-corrected chi connectivity index (χ2v) is 6.44. The minimum atomic E-state index is -0.424. The molecule has 0 bridgehead atoms. The van der Waals surface area contributed by atoms with E-state index in [4.69, 9.17) is 0 Å². The first-order chi connectivity index (χ1) is 13.7. The summed E-state index contributed by atoms with van der Waals surface area (Å²) >= 11 is 1.28. The number of para-hydroxylation sites is 1. The number of rotatable bonds is 5. The molecule has 4 rings (SSSR count). The van der Waals surface area contributed by atoms with Gasteiger partial charge in [-0.1, -0.05) is 28.8 Å². The number of amides is 1. The Morgan fingerprint density at radius 1 is 1.00 bits per heavy atom. The van der Waals surface area contributed by atoms with Gasteiger partial charge in [-0.25, -0.2) is 9.37 Å². The summed E-state index contributed by atoms with van der Waals surface area (Å²) in [6.45, 7) is 0. The van der Waals surface area contributed by atoms with Gasteiger partial charge in [-0.15, -0.1) is 5.10 Å². The number of carbonyl (C=O) groups excluding carboxylic acids is 1. The second kappa shape index (κ2) is 7.93. The van der Waals surface area contributed by atoms with Crippen LogP contribution in [0.15, 0.2) is 72.2 Å². The number of anilines is 3. The van der Waals surface area contributed by atoms with Gasteiger partial charge >= 0.3 is 0 Å². The van der Waals surface area contributed by atoms with Gasteiger partial charge in [-0.3, -0.25) is 4.79 Å². The predicted molar refractivity (Wildman–Crippen MR) is 107 cm³/mol. The highest BCUT2D eigenvalue weighted by Gasteiger charge is 2.14. The van der Waals surface area contributed by atoms with Crippen LogP contribution >= 0.6 is 11.5 Å². The SMILES string of the molecule is O=C(Nc1ccc(-c2csnn2)cc1)c1cccnc1Nc1ccccc1F. The Labute approximate surface area is 164 Å². The Morgan fingerprint density at radius 2 is 1.82 bits per heavy atom. The lowest BCUT2D eigenvalue weighted by Gasteiger charge is -2.12. The number of hydrogen-bond acceptors (Lipinski definition) is 6. The quantitative estimate of drug-likeness (QED) is 0.514. The zero-order chi connectivity index (χ0) is 19.3. The molecule has 0 aliphatic carbocycles. The average Bonchev–Trinajstić information content (AvgIpc) is 3.25. The van der Waals surface area contributed by atoms with Crippen LogP contribution in [0, 0.1) is 5.82 Å². The molecule has 0 aliphatic rings. The van der Waals surface area contributed by atoms with Crippen molar-refractivity contribution in [3.63, 3.8) is 0 Å². The third kappa shape index (κ3) is 3.86. The topological polar surface area (TPSA) is 79.8 Å². The molecule has 138 valence electrons. The minimum Gasteiger partial charge on any atom is -0.337 e. The predicted octanol–water partition coefficient (Wildman–Crippen LogP) is 4.74. The molecule has 2 aromatic carbocycles. The van der Waals surface area contributed by atoms with Crippen molar-refractivity contribution < 1.29 is 9.18 Å². The van der Waals surface area contributed by atoms with Gasteiger partial charge in [0, 0.05) is 22.8 Å². The van der Waals surface area contributed by atoms with E-state index in [0.29, 0.717) is 11.3 Å². The Bertz CT molecular complexity index is 1100. The molecule has 8 heteroatoms. The van der Waals surface area contributed by atoms with E-state index in [9.17, 15) is 9.18 Å². The third-order valence-electron chi connectivity index (χ3n) is 3.98. The maximum atomic E-state index is 13.9. The smallest absolute Gasteiger partial charge is 0.259 e. The van der Waals surface area contributed by atoms with Crippen LogP contribution in [0.3, 0.4) is 0 Å². The summed E-state index contributed by atoms with van der Waals surface area (Å²) in [5.74, 6) is -0.503. The fraction of sp³-hybridized carbons (Fsp3) is 0. The van der Waals surface area contributed by atoms with E-state index in [1.807, 2.05) is 17.5 Å². The van der Waals surface area contributed by atoms with E-state index in [2.05, 4.69) is 25.2 Å². The number of nitrogens with one attached hydrogen (secondary N) is 2. The van der Waals surface area contributed by atoms with Crippen molar-refractivity contribution in [2.75, 3.05) is 10.6 Å². The van der Waals surface area contributed by atoms with E-state index in [0.717, 1.165) is 11.3 Å². The Hall–Kier alpha value is -3.65. The monoisotopic (exact) mass is 391 g/mol. The molecule has 0 unspecified atom stereocenters. The van der Waals surface area contributed by atoms with E-state index in [1.54, 1.807) is 42.5 Å². The molecule has 2 N–H and O–H groups in total. The fourth-order valence-corrected chi connectivity index (χ4v) is 3.06. The van der Waals surface area contributed by atoms with Crippen molar-refractivity contribution in [1.29, 1.82) is 0 Å². The van der Waals surface area contributed by atoms with Gasteiger partial charge in [-0.05, 0) is 47.9 Å². The number of benzene rings is 2. The van der Waals surface area contributed by atoms with Gasteiger partial charge in [0.25, 0.3) is 5.91 Å². The van der Waals surface area contributed by atoms with Gasteiger partial charge in [0.05, 0.1) is 11.3 Å². The van der Waals surface area contributed by atoms with Crippen molar-refractivity contribution in [3.05, 3.63) is 83.6 Å². The summed E-state index contributed by atoms with van der Waals surface area (Å²) < 4.78 is 17.8. The number of hydrogen-bond donors (Lipinski definition) is 2. The largest absolute Gasteiger partial charge is 0.337 e. The Kier molecular flexibility index (Phi) is 5.03. The van der Waals surface area contributed by atoms with E-state index in [-0.39, 0.29) is 17.4 Å². The number of pyridine rings is 1. The van der Waals surface area contributed by atoms with Crippen molar-refractivity contribution in [2.24, 2.45) is 0 Å². The molecular formula is C20H14FN5OS. The van der Waals surface area contributed by atoms with Crippen LogP contribution < -0.4 is 10.6 Å². The highest BCUT2D eigenvalue weighted by atomic mass is 32.1. The van der Waals surface area contributed by atoms with Crippen LogP contribution in [-0.2, 0) is 0 Å². The summed E-state index contributed by atoms with van der Waals surface area (Å²) in [6, 6.07) is 16.8. The first kappa shape index (κ1) is 17.7. The molecule has 0 radical (unpaired) electrons. The number of carbonyl (C=O) groups is 1. The zero-order valence-electron chi connectivity index (χ0n) is 14.5. The molecule has 6 nitrogen and oxygen atoms in total. The van der Waals surface area contributed by atoms with Gasteiger partial charge in [0.15, 0.2) is 0 Å². The minimum absolute atomic E-state index is 0.247. The highest BCUT2D eigenvalue weighted by Crippen LogP contribution is 2.23. The lowest BCUT2D eigenvalue weighted by Crippen LogP contribution is -2.14. The number of nitrogens with zero attached hydrogens (tertiary/aromatic N) is 3. The normalized spacial score (nSPS) is 10.5. The molecule has 0 fully saturated rings. The second-order valence-electron chi connectivity index (χ2n) is 5.83. The van der Waals surface area contributed by atoms with Gasteiger partial charge in [0.2, 0.25) is 0 Å². The van der Waals surface area contributed by atoms with Crippen LogP contribution in [0.2, 0.25) is 0 Å². The van der Waals surface area contributed by atoms with Gasteiger partial charge in [0.1, 0.15) is 17.3 Å². The molecule has 4 aromatic rings. The highest BCUT2D eigenvalue weighted by molar-refractivity contribution is 7.03. The molecular weight excluding hydrogens is 377 g/mol. The lowest BCUT2D eigenvalue weighted by molar-refractivity contribution is 0.102. The molecule has 2 heterocycles. The standard InChI is InChI=1S/C20H14FN5OS/c21-16-5-1-2-6-17(16)24-19-15(4-3-11-22-19)20(27)23-14-9-7-13(8-10-14)18-12-28-26-25-18/h1-12H,(H,22,24)(H,23,27). The van der Waals surface area contributed by atoms with Crippen molar-refractivity contribution in [1.82, 2.24) is 14.6 Å². The summed E-state index contributed by atoms with van der Waals surface area (Å²) in [7, 11) is 0. The Balaban J connectivity index is 1.53. The van der Waals surface area contributed by atoms with Crippen molar-refractivity contribution in [3.8, 4) is 11.3 Å². The number of halogens is 1. The summed E-state index contributed by atoms with van der Waals surface area (Å²) in [4.78, 5) is 16.9. The fourth-order valence-electron chi connectivity index (χ4n) is 2.59. The molecule has 0 saturated carbocycles. The van der Waals surface area contributed by atoms with Gasteiger partial charge < -0.3 is 10.6 Å². The molecule has 28 heavy (non-hydrogen) atoms. The molecule has 0 atom stereocenters. The maximum absolute atomic E-state index is 13.9. The van der Waals surface area contributed by atoms with Crippen molar-refractivity contribution >= 4 is 34.6 Å². The Morgan fingerprint density at radius 3 is 2.57 bits per heavy atom. The third-order valence-corrected chi connectivity index (χ3v) is 4.48. The maximum Gasteiger partial charge on any atom is 0.259 e.